The molecule has 0 bridgehead atoms. The maximum absolute atomic E-state index is 9.87. The molecule has 1 rings (SSSR count). The summed E-state index contributed by atoms with van der Waals surface area (Å²) in [6.45, 7) is 4.96. The summed E-state index contributed by atoms with van der Waals surface area (Å²) in [7, 11) is 1.95. The van der Waals surface area contributed by atoms with Crippen LogP contribution in [0.25, 0.3) is 0 Å². The van der Waals surface area contributed by atoms with Gasteiger partial charge in [0.1, 0.15) is 18.5 Å². The molecule has 0 aliphatic heterocycles. The van der Waals surface area contributed by atoms with Crippen molar-refractivity contribution in [3.05, 3.63) is 24.3 Å². The molecule has 0 fully saturated rings. The lowest BCUT2D eigenvalue weighted by Gasteiger charge is -2.20. The van der Waals surface area contributed by atoms with Crippen molar-refractivity contribution in [3.63, 3.8) is 0 Å². The zero-order chi connectivity index (χ0) is 14.1. The van der Waals surface area contributed by atoms with Gasteiger partial charge in [-0.3, -0.25) is 0 Å². The summed E-state index contributed by atoms with van der Waals surface area (Å²) < 4.78 is 10.7. The highest BCUT2D eigenvalue weighted by Gasteiger charge is 2.09. The molecule has 0 heterocycles. The molecule has 1 aromatic rings. The van der Waals surface area contributed by atoms with Gasteiger partial charge in [0.15, 0.2) is 0 Å². The van der Waals surface area contributed by atoms with Crippen molar-refractivity contribution in [1.29, 1.82) is 0 Å². The minimum atomic E-state index is -0.534. The van der Waals surface area contributed by atoms with Crippen LogP contribution in [0.2, 0.25) is 0 Å². The lowest BCUT2D eigenvalue weighted by atomic mass is 10.3. The van der Waals surface area contributed by atoms with E-state index in [1.807, 2.05) is 31.0 Å². The zero-order valence-electron chi connectivity index (χ0n) is 11.7. The van der Waals surface area contributed by atoms with Gasteiger partial charge in [0.2, 0.25) is 0 Å². The maximum Gasteiger partial charge on any atom is 0.121 e. The molecule has 1 unspecified atom stereocenters. The number of aliphatic hydroxyl groups is 1. The summed E-state index contributed by atoms with van der Waals surface area (Å²) in [5.74, 6) is 0.677. The first-order chi connectivity index (χ1) is 9.11. The molecule has 1 aromatic carbocycles. The lowest BCUT2D eigenvalue weighted by Crippen LogP contribution is -2.35. The second kappa shape index (κ2) is 8.74. The monoisotopic (exact) mass is 268 g/mol. The predicted octanol–water partition coefficient (Wildman–Crippen LogP) is 0.977. The van der Waals surface area contributed by atoms with Gasteiger partial charge >= 0.3 is 0 Å². The van der Waals surface area contributed by atoms with Gasteiger partial charge in [0, 0.05) is 31.5 Å². The van der Waals surface area contributed by atoms with Crippen LogP contribution in [0.3, 0.4) is 0 Å². The van der Waals surface area contributed by atoms with Crippen molar-refractivity contribution in [2.75, 3.05) is 45.7 Å². The number of hydrogen-bond donors (Lipinski definition) is 2. The van der Waals surface area contributed by atoms with Crippen LogP contribution in [-0.4, -0.2) is 56.1 Å². The van der Waals surface area contributed by atoms with E-state index in [9.17, 15) is 5.11 Å². The van der Waals surface area contributed by atoms with Crippen molar-refractivity contribution < 1.29 is 14.6 Å². The topological polar surface area (TPSA) is 68.0 Å². The SMILES string of the molecule is CCOCCN(C)CC(O)COc1cccc(N)c1. The summed E-state index contributed by atoms with van der Waals surface area (Å²) in [5, 5.41) is 9.87. The van der Waals surface area contributed by atoms with Crippen molar-refractivity contribution in [2.24, 2.45) is 0 Å². The summed E-state index contributed by atoms with van der Waals surface area (Å²) in [5.41, 5.74) is 6.30. The third kappa shape index (κ3) is 7.00. The molecule has 0 saturated carbocycles. The standard InChI is InChI=1S/C14H24N2O3/c1-3-18-8-7-16(2)10-13(17)11-19-14-6-4-5-12(15)9-14/h4-6,9,13,17H,3,7-8,10-11,15H2,1-2H3. The first-order valence-corrected chi connectivity index (χ1v) is 6.54. The molecule has 0 radical (unpaired) electrons. The molecule has 0 saturated heterocycles. The molecular formula is C14H24N2O3. The van der Waals surface area contributed by atoms with Crippen LogP contribution in [0.4, 0.5) is 5.69 Å². The molecule has 19 heavy (non-hydrogen) atoms. The van der Waals surface area contributed by atoms with Crippen LogP contribution < -0.4 is 10.5 Å². The van der Waals surface area contributed by atoms with E-state index in [2.05, 4.69) is 0 Å². The molecule has 1 atom stereocenters. The Hall–Kier alpha value is -1.30. The van der Waals surface area contributed by atoms with E-state index in [0.29, 0.717) is 24.6 Å². The molecular weight excluding hydrogens is 244 g/mol. The van der Waals surface area contributed by atoms with E-state index in [1.165, 1.54) is 0 Å². The Morgan fingerprint density at radius 1 is 1.42 bits per heavy atom. The summed E-state index contributed by atoms with van der Waals surface area (Å²) >= 11 is 0. The maximum atomic E-state index is 9.87. The molecule has 3 N–H and O–H groups in total. The van der Waals surface area contributed by atoms with Gasteiger partial charge in [-0.1, -0.05) is 6.07 Å². The fraction of sp³-hybridized carbons (Fsp3) is 0.571. The highest BCUT2D eigenvalue weighted by Crippen LogP contribution is 2.14. The summed E-state index contributed by atoms with van der Waals surface area (Å²) in [6.07, 6.45) is -0.534. The van der Waals surface area contributed by atoms with Gasteiger partial charge in [-0.05, 0) is 26.1 Å². The Bertz CT molecular complexity index is 360. The van der Waals surface area contributed by atoms with Crippen LogP contribution >= 0.6 is 0 Å². The smallest absolute Gasteiger partial charge is 0.121 e. The minimum absolute atomic E-state index is 0.252. The Morgan fingerprint density at radius 3 is 2.89 bits per heavy atom. The molecule has 0 aromatic heterocycles. The number of rotatable bonds is 9. The van der Waals surface area contributed by atoms with E-state index in [0.717, 1.165) is 13.2 Å². The molecule has 108 valence electrons. The van der Waals surface area contributed by atoms with Gasteiger partial charge in [-0.2, -0.15) is 0 Å². The predicted molar refractivity (Wildman–Crippen MR) is 76.3 cm³/mol. The number of nitrogen functional groups attached to an aromatic ring is 1. The van der Waals surface area contributed by atoms with Crippen molar-refractivity contribution in [1.82, 2.24) is 4.90 Å². The average molecular weight is 268 g/mol. The summed E-state index contributed by atoms with van der Waals surface area (Å²) in [4.78, 5) is 2.02. The molecule has 0 aliphatic rings. The normalized spacial score (nSPS) is 12.6. The Morgan fingerprint density at radius 2 is 2.21 bits per heavy atom. The van der Waals surface area contributed by atoms with Gasteiger partial charge in [0.25, 0.3) is 0 Å². The molecule has 5 heteroatoms. The fourth-order valence-corrected chi connectivity index (χ4v) is 1.67. The van der Waals surface area contributed by atoms with Gasteiger partial charge < -0.3 is 25.2 Å². The van der Waals surface area contributed by atoms with Gasteiger partial charge in [-0.15, -0.1) is 0 Å². The second-order valence-corrected chi connectivity index (χ2v) is 4.50. The Kier molecular flexibility index (Phi) is 7.25. The minimum Gasteiger partial charge on any atom is -0.491 e. The van der Waals surface area contributed by atoms with E-state index in [4.69, 9.17) is 15.2 Å². The molecule has 0 spiro atoms. The first-order valence-electron chi connectivity index (χ1n) is 6.54. The van der Waals surface area contributed by atoms with Crippen molar-refractivity contribution in [2.45, 2.75) is 13.0 Å². The van der Waals surface area contributed by atoms with Crippen LogP contribution in [0.15, 0.2) is 24.3 Å². The number of aliphatic hydroxyl groups excluding tert-OH is 1. The van der Waals surface area contributed by atoms with Crippen molar-refractivity contribution in [3.8, 4) is 5.75 Å². The number of likely N-dealkylation sites (N-methyl/N-ethyl adjacent to an activating group) is 1. The lowest BCUT2D eigenvalue weighted by molar-refractivity contribution is 0.0613. The van der Waals surface area contributed by atoms with E-state index in [-0.39, 0.29) is 6.61 Å². The third-order valence-electron chi connectivity index (χ3n) is 2.64. The fourth-order valence-electron chi connectivity index (χ4n) is 1.67. The van der Waals surface area contributed by atoms with Crippen LogP contribution in [0, 0.1) is 0 Å². The molecule has 0 amide bonds. The highest BCUT2D eigenvalue weighted by atomic mass is 16.5. The van der Waals surface area contributed by atoms with Gasteiger partial charge in [0.05, 0.1) is 6.61 Å². The number of nitrogens with two attached hydrogens (primary N) is 1. The van der Waals surface area contributed by atoms with Crippen LogP contribution in [0.1, 0.15) is 6.92 Å². The summed E-state index contributed by atoms with van der Waals surface area (Å²) in [6, 6.07) is 7.18. The van der Waals surface area contributed by atoms with E-state index < -0.39 is 6.10 Å². The highest BCUT2D eigenvalue weighted by molar-refractivity contribution is 5.43. The van der Waals surface area contributed by atoms with Crippen molar-refractivity contribution >= 4 is 5.69 Å². The zero-order valence-corrected chi connectivity index (χ0v) is 11.7. The quantitative estimate of drug-likeness (QED) is 0.516. The number of nitrogens with zero attached hydrogens (tertiary/aromatic N) is 1. The largest absolute Gasteiger partial charge is 0.491 e. The van der Waals surface area contributed by atoms with Crippen LogP contribution in [0.5, 0.6) is 5.75 Å². The first kappa shape index (κ1) is 15.8. The Labute approximate surface area is 114 Å². The molecule has 0 aliphatic carbocycles. The second-order valence-electron chi connectivity index (χ2n) is 4.50. The number of hydrogen-bond acceptors (Lipinski definition) is 5. The van der Waals surface area contributed by atoms with Crippen LogP contribution in [-0.2, 0) is 4.74 Å². The molecule has 5 nitrogen and oxygen atoms in total. The third-order valence-corrected chi connectivity index (χ3v) is 2.64. The van der Waals surface area contributed by atoms with Gasteiger partial charge in [-0.25, -0.2) is 0 Å². The number of anilines is 1. The number of ether oxygens (including phenoxy) is 2. The average Bonchev–Trinajstić information content (AvgIpc) is 2.37. The Balaban J connectivity index is 2.21. The van der Waals surface area contributed by atoms with E-state index in [1.54, 1.807) is 12.1 Å². The van der Waals surface area contributed by atoms with E-state index >= 15 is 0 Å². The number of benzene rings is 1.